The molecule has 0 aromatic heterocycles. The van der Waals surface area contributed by atoms with Crippen LogP contribution >= 0.6 is 0 Å². The summed E-state index contributed by atoms with van der Waals surface area (Å²) < 4.78 is 5.08. The molecular weight excluding hydrogens is 159 g/mol. The van der Waals surface area contributed by atoms with E-state index in [1.54, 1.807) is 0 Å². The van der Waals surface area contributed by atoms with Crippen LogP contribution in [0.3, 0.4) is 0 Å². The minimum atomic E-state index is -0.873. The lowest BCUT2D eigenvalue weighted by Gasteiger charge is -2.27. The fourth-order valence-corrected chi connectivity index (χ4v) is 1.34. The second-order valence-electron chi connectivity index (χ2n) is 3.30. The Balaban J connectivity index is 2.35. The van der Waals surface area contributed by atoms with E-state index in [4.69, 9.17) is 9.76 Å². The Labute approximate surface area is 71.7 Å². The number of hydrogen-bond acceptors (Lipinski definition) is 3. The van der Waals surface area contributed by atoms with Crippen LogP contribution in [0.4, 0.5) is 0 Å². The first kappa shape index (κ1) is 9.54. The van der Waals surface area contributed by atoms with Crippen molar-refractivity contribution in [1.82, 2.24) is 0 Å². The van der Waals surface area contributed by atoms with E-state index in [0.29, 0.717) is 0 Å². The first-order chi connectivity index (χ1) is 5.59. The summed E-state index contributed by atoms with van der Waals surface area (Å²) in [5.74, 6) is -0.753. The minimum Gasteiger partial charge on any atom is -0.481 e. The van der Waals surface area contributed by atoms with Crippen molar-refractivity contribution >= 4 is 13.1 Å². The summed E-state index contributed by atoms with van der Waals surface area (Å²) >= 11 is 0. The number of hydrogen-bond donors (Lipinski definition) is 2. The van der Waals surface area contributed by atoms with Gasteiger partial charge in [-0.2, -0.15) is 0 Å². The molecule has 5 heteroatoms. The quantitative estimate of drug-likeness (QED) is 0.595. The highest BCUT2D eigenvalue weighted by Gasteiger charge is 2.32. The number of carbonyl (C=O) groups is 1. The molecule has 0 spiro atoms. The monoisotopic (exact) mass is 172 g/mol. The summed E-state index contributed by atoms with van der Waals surface area (Å²) in [6.07, 6.45) is 1.24. The summed E-state index contributed by atoms with van der Waals surface area (Å²) in [4.78, 5) is 10.3. The van der Waals surface area contributed by atoms with Crippen molar-refractivity contribution in [3.8, 4) is 0 Å². The summed E-state index contributed by atoms with van der Waals surface area (Å²) in [6.45, 7) is 1.89. The van der Waals surface area contributed by atoms with Crippen LogP contribution in [0.1, 0.15) is 26.2 Å². The molecule has 0 aromatic rings. The van der Waals surface area contributed by atoms with Gasteiger partial charge < -0.3 is 14.8 Å². The van der Waals surface area contributed by atoms with Crippen LogP contribution in [0.5, 0.6) is 0 Å². The van der Waals surface area contributed by atoms with Crippen LogP contribution in [-0.2, 0) is 9.45 Å². The molecule has 2 atom stereocenters. The van der Waals surface area contributed by atoms with E-state index in [1.807, 2.05) is 6.92 Å². The lowest BCUT2D eigenvalue weighted by Crippen LogP contribution is -2.35. The summed E-state index contributed by atoms with van der Waals surface area (Å²) in [7, 11) is -0.789. The van der Waals surface area contributed by atoms with E-state index in [9.17, 15) is 9.82 Å². The molecule has 1 fully saturated rings. The van der Waals surface area contributed by atoms with Gasteiger partial charge in [0.05, 0.1) is 12.5 Å². The van der Waals surface area contributed by atoms with E-state index >= 15 is 0 Å². The van der Waals surface area contributed by atoms with Gasteiger partial charge in [-0.15, -0.1) is 0 Å². The maximum absolute atomic E-state index is 10.3. The highest BCUT2D eigenvalue weighted by molar-refractivity contribution is 6.44. The van der Waals surface area contributed by atoms with Crippen LogP contribution in [-0.4, -0.2) is 29.3 Å². The molecule has 4 nitrogen and oxygen atoms in total. The average Bonchev–Trinajstić information content (AvgIpc) is 1.96. The number of rotatable bonds is 2. The maximum Gasteiger partial charge on any atom is 0.457 e. The Morgan fingerprint density at radius 2 is 2.33 bits per heavy atom. The molecule has 12 heavy (non-hydrogen) atoms. The molecule has 0 amide bonds. The molecule has 1 rings (SSSR count). The molecule has 0 bridgehead atoms. The zero-order valence-corrected chi connectivity index (χ0v) is 7.06. The van der Waals surface area contributed by atoms with Crippen LogP contribution in [0.2, 0.25) is 5.82 Å². The van der Waals surface area contributed by atoms with Gasteiger partial charge in [-0.05, 0) is 18.7 Å². The Bertz CT molecular complexity index is 173. The van der Waals surface area contributed by atoms with Gasteiger partial charge in [-0.25, -0.2) is 0 Å². The van der Waals surface area contributed by atoms with Crippen LogP contribution in [0.15, 0.2) is 0 Å². The molecular formula is C7H13BO4. The summed E-state index contributed by atoms with van der Waals surface area (Å²) in [5, 5.41) is 17.7. The van der Waals surface area contributed by atoms with Gasteiger partial charge in [-0.1, -0.05) is 6.92 Å². The van der Waals surface area contributed by atoms with Gasteiger partial charge in [0.15, 0.2) is 0 Å². The third kappa shape index (κ3) is 2.50. The molecule has 0 unspecified atom stereocenters. The number of carboxylic acids is 1. The summed E-state index contributed by atoms with van der Waals surface area (Å²) in [5.41, 5.74) is 0. The molecule has 0 aromatic carbocycles. The smallest absolute Gasteiger partial charge is 0.457 e. The topological polar surface area (TPSA) is 66.8 Å². The molecule has 1 heterocycles. The van der Waals surface area contributed by atoms with Crippen LogP contribution < -0.4 is 0 Å². The molecule has 0 radical (unpaired) electrons. The van der Waals surface area contributed by atoms with Crippen LogP contribution in [0.25, 0.3) is 0 Å². The SMILES string of the molecule is C[C@H]1CC[C@@H](CC(=O)O)OB1O. The van der Waals surface area contributed by atoms with Crippen molar-refractivity contribution in [3.05, 3.63) is 0 Å². The van der Waals surface area contributed by atoms with Crippen molar-refractivity contribution in [1.29, 1.82) is 0 Å². The fourth-order valence-electron chi connectivity index (χ4n) is 1.34. The number of aliphatic carboxylic acids is 1. The molecule has 2 N–H and O–H groups in total. The van der Waals surface area contributed by atoms with Gasteiger partial charge in [0.1, 0.15) is 0 Å². The lowest BCUT2D eigenvalue weighted by molar-refractivity contribution is -0.139. The predicted molar refractivity (Wildman–Crippen MR) is 43.8 cm³/mol. The van der Waals surface area contributed by atoms with Gasteiger partial charge in [0.25, 0.3) is 0 Å². The van der Waals surface area contributed by atoms with E-state index < -0.39 is 13.1 Å². The Morgan fingerprint density at radius 1 is 1.67 bits per heavy atom. The molecule has 0 aliphatic carbocycles. The molecule has 1 aliphatic heterocycles. The lowest BCUT2D eigenvalue weighted by atomic mass is 9.68. The summed E-state index contributed by atoms with van der Waals surface area (Å²) in [6, 6.07) is 0. The predicted octanol–water partition coefficient (Wildman–Crippen LogP) is 0.511. The fraction of sp³-hybridized carbons (Fsp3) is 0.857. The molecule has 68 valence electrons. The molecule has 0 saturated carbocycles. The van der Waals surface area contributed by atoms with Gasteiger partial charge in [-0.3, -0.25) is 4.79 Å². The second kappa shape index (κ2) is 3.91. The highest BCUT2D eigenvalue weighted by Crippen LogP contribution is 2.26. The van der Waals surface area contributed by atoms with E-state index in [0.717, 1.165) is 12.8 Å². The maximum atomic E-state index is 10.3. The average molecular weight is 172 g/mol. The van der Waals surface area contributed by atoms with E-state index in [2.05, 4.69) is 0 Å². The first-order valence-electron chi connectivity index (χ1n) is 4.15. The zero-order chi connectivity index (χ0) is 9.14. The van der Waals surface area contributed by atoms with Crippen molar-refractivity contribution in [2.24, 2.45) is 0 Å². The first-order valence-corrected chi connectivity index (χ1v) is 4.15. The van der Waals surface area contributed by atoms with E-state index in [-0.39, 0.29) is 18.3 Å². The Kier molecular flexibility index (Phi) is 3.11. The van der Waals surface area contributed by atoms with Crippen molar-refractivity contribution in [2.45, 2.75) is 38.1 Å². The highest BCUT2D eigenvalue weighted by atomic mass is 16.5. The zero-order valence-electron chi connectivity index (χ0n) is 7.06. The van der Waals surface area contributed by atoms with Crippen molar-refractivity contribution in [2.75, 3.05) is 0 Å². The minimum absolute atomic E-state index is 0.0101. The number of carboxylic acid groups (broad SMARTS) is 1. The van der Waals surface area contributed by atoms with Crippen molar-refractivity contribution in [3.63, 3.8) is 0 Å². The second-order valence-corrected chi connectivity index (χ2v) is 3.30. The van der Waals surface area contributed by atoms with E-state index in [1.165, 1.54) is 0 Å². The molecule has 1 saturated heterocycles. The Hall–Kier alpha value is -0.545. The normalized spacial score (nSPS) is 30.3. The Morgan fingerprint density at radius 3 is 2.83 bits per heavy atom. The molecule has 1 aliphatic rings. The standard InChI is InChI=1S/C7H13BO4/c1-5-2-3-6(4-7(9)10)12-8(5)11/h5-6,11H,2-4H2,1H3,(H,9,10)/t5-,6-/m0/s1. The third-order valence-corrected chi connectivity index (χ3v) is 2.16. The van der Waals surface area contributed by atoms with Gasteiger partial charge >= 0.3 is 13.1 Å². The van der Waals surface area contributed by atoms with Gasteiger partial charge in [0, 0.05) is 0 Å². The van der Waals surface area contributed by atoms with Crippen LogP contribution in [0, 0.1) is 0 Å². The third-order valence-electron chi connectivity index (χ3n) is 2.16. The van der Waals surface area contributed by atoms with Crippen molar-refractivity contribution < 1.29 is 19.6 Å². The largest absolute Gasteiger partial charge is 0.481 e. The van der Waals surface area contributed by atoms with Gasteiger partial charge in [0.2, 0.25) is 0 Å².